The second kappa shape index (κ2) is 4.84. The molecule has 0 aliphatic carbocycles. The van der Waals surface area contributed by atoms with Crippen LogP contribution in [0, 0.1) is 11.5 Å². The molecule has 1 nitrogen and oxygen atoms in total. The predicted octanol–water partition coefficient (Wildman–Crippen LogP) is 2.71. The van der Waals surface area contributed by atoms with E-state index in [9.17, 15) is 5.11 Å². The zero-order valence-electron chi connectivity index (χ0n) is 9.98. The molecular weight excluding hydrogens is 228 g/mol. The van der Waals surface area contributed by atoms with Gasteiger partial charge in [-0.25, -0.2) is 0 Å². The average molecular weight is 249 g/mol. The van der Waals surface area contributed by atoms with Crippen LogP contribution in [0.4, 0.5) is 0 Å². The molecular formula is C10H21ClOSi2. The Kier molecular flexibility index (Phi) is 4.93. The molecule has 82 valence electrons. The molecule has 0 bridgehead atoms. The Hall–Kier alpha value is 0.244. The highest BCUT2D eigenvalue weighted by Crippen LogP contribution is 2.17. The van der Waals surface area contributed by atoms with E-state index in [1.54, 1.807) is 0 Å². The summed E-state index contributed by atoms with van der Waals surface area (Å²) >= 11 is 6.16. The van der Waals surface area contributed by atoms with Crippen LogP contribution in [0.1, 0.15) is 0 Å². The van der Waals surface area contributed by atoms with Gasteiger partial charge >= 0.3 is 0 Å². The van der Waals surface area contributed by atoms with Crippen LogP contribution in [-0.2, 0) is 0 Å². The van der Waals surface area contributed by atoms with Gasteiger partial charge in [-0.05, 0) is 0 Å². The number of rotatable bonds is 2. The van der Waals surface area contributed by atoms with E-state index in [0.29, 0.717) is 0 Å². The maximum Gasteiger partial charge on any atom is 0.129 e. The molecule has 14 heavy (non-hydrogen) atoms. The highest BCUT2D eigenvalue weighted by molar-refractivity contribution is 6.84. The maximum absolute atomic E-state index is 9.77. The van der Waals surface area contributed by atoms with Gasteiger partial charge in [-0.2, -0.15) is 0 Å². The summed E-state index contributed by atoms with van der Waals surface area (Å²) in [7, 11) is -2.88. The summed E-state index contributed by atoms with van der Waals surface area (Å²) in [4.78, 5) is 0. The summed E-state index contributed by atoms with van der Waals surface area (Å²) in [6, 6.07) is 0. The topological polar surface area (TPSA) is 20.2 Å². The molecule has 0 saturated heterocycles. The molecule has 1 N–H and O–H groups in total. The van der Waals surface area contributed by atoms with Crippen molar-refractivity contribution >= 4 is 27.7 Å². The van der Waals surface area contributed by atoms with Crippen LogP contribution in [0.25, 0.3) is 0 Å². The predicted molar refractivity (Wildman–Crippen MR) is 70.1 cm³/mol. The first-order valence-electron chi connectivity index (χ1n) is 4.89. The Labute approximate surface area is 94.9 Å². The van der Waals surface area contributed by atoms with Crippen molar-refractivity contribution in [3.05, 3.63) is 0 Å². The van der Waals surface area contributed by atoms with Crippen LogP contribution in [0.2, 0.25) is 39.3 Å². The minimum atomic E-state index is -1.49. The Morgan fingerprint density at radius 3 is 1.79 bits per heavy atom. The summed E-state index contributed by atoms with van der Waals surface area (Å²) < 4.78 is 0. The van der Waals surface area contributed by atoms with Gasteiger partial charge in [0.15, 0.2) is 0 Å². The van der Waals surface area contributed by atoms with Crippen LogP contribution >= 0.6 is 11.6 Å². The second-order valence-corrected chi connectivity index (χ2v) is 16.7. The van der Waals surface area contributed by atoms with E-state index in [4.69, 9.17) is 11.6 Å². The SMILES string of the molecule is C[Si](C)(C)C#C[C@H](O)[C@H](Cl)[Si](C)(C)C. The summed E-state index contributed by atoms with van der Waals surface area (Å²) in [6.07, 6.45) is -0.657. The van der Waals surface area contributed by atoms with E-state index >= 15 is 0 Å². The van der Waals surface area contributed by atoms with E-state index in [-0.39, 0.29) is 5.00 Å². The van der Waals surface area contributed by atoms with E-state index in [2.05, 4.69) is 50.7 Å². The third kappa shape index (κ3) is 5.87. The number of alkyl halides is 1. The van der Waals surface area contributed by atoms with Crippen LogP contribution in [0.3, 0.4) is 0 Å². The zero-order valence-corrected chi connectivity index (χ0v) is 12.7. The van der Waals surface area contributed by atoms with Gasteiger partial charge < -0.3 is 5.11 Å². The number of aliphatic hydroxyl groups is 1. The Bertz CT molecular complexity index is 242. The molecule has 0 aromatic rings. The highest BCUT2D eigenvalue weighted by Gasteiger charge is 2.30. The van der Waals surface area contributed by atoms with Crippen molar-refractivity contribution in [3.8, 4) is 11.5 Å². The molecule has 4 heteroatoms. The molecule has 0 rings (SSSR count). The molecule has 0 saturated carbocycles. The summed E-state index contributed by atoms with van der Waals surface area (Å²) in [5.41, 5.74) is 3.15. The Morgan fingerprint density at radius 1 is 1.07 bits per heavy atom. The highest BCUT2D eigenvalue weighted by atomic mass is 35.5. The molecule has 0 aliphatic heterocycles. The van der Waals surface area contributed by atoms with Gasteiger partial charge in [-0.1, -0.05) is 45.2 Å². The molecule has 2 atom stereocenters. The zero-order chi connectivity index (χ0) is 11.6. The molecule has 0 aromatic heterocycles. The molecule has 0 heterocycles. The van der Waals surface area contributed by atoms with Crippen molar-refractivity contribution in [1.82, 2.24) is 0 Å². The van der Waals surface area contributed by atoms with Crippen molar-refractivity contribution in [2.75, 3.05) is 0 Å². The van der Waals surface area contributed by atoms with E-state index in [1.807, 2.05) is 0 Å². The quantitative estimate of drug-likeness (QED) is 0.453. The normalized spacial score (nSPS) is 16.9. The third-order valence-corrected chi connectivity index (χ3v) is 6.77. The van der Waals surface area contributed by atoms with Crippen LogP contribution in [0.15, 0.2) is 0 Å². The number of hydrogen-bond acceptors (Lipinski definition) is 1. The first-order chi connectivity index (χ1) is 6.04. The molecule has 0 unspecified atom stereocenters. The minimum Gasteiger partial charge on any atom is -0.379 e. The number of halogens is 1. The van der Waals surface area contributed by atoms with Crippen molar-refractivity contribution in [1.29, 1.82) is 0 Å². The van der Waals surface area contributed by atoms with Gasteiger partial charge in [0.2, 0.25) is 0 Å². The largest absolute Gasteiger partial charge is 0.379 e. The lowest BCUT2D eigenvalue weighted by Crippen LogP contribution is -2.42. The van der Waals surface area contributed by atoms with Crippen molar-refractivity contribution in [2.24, 2.45) is 0 Å². The van der Waals surface area contributed by atoms with E-state index < -0.39 is 22.3 Å². The molecule has 0 spiro atoms. The smallest absolute Gasteiger partial charge is 0.129 e. The van der Waals surface area contributed by atoms with Crippen LogP contribution < -0.4 is 0 Å². The van der Waals surface area contributed by atoms with Crippen molar-refractivity contribution in [3.63, 3.8) is 0 Å². The van der Waals surface area contributed by atoms with Gasteiger partial charge in [-0.3, -0.25) is 0 Å². The van der Waals surface area contributed by atoms with Gasteiger partial charge in [0.25, 0.3) is 0 Å². The van der Waals surface area contributed by atoms with E-state index in [0.717, 1.165) is 0 Å². The molecule has 0 amide bonds. The Morgan fingerprint density at radius 2 is 1.50 bits per heavy atom. The minimum absolute atomic E-state index is 0.175. The Balaban J connectivity index is 4.48. The fraction of sp³-hybridized carbons (Fsp3) is 0.800. The fourth-order valence-corrected chi connectivity index (χ4v) is 2.51. The summed E-state index contributed by atoms with van der Waals surface area (Å²) in [6.45, 7) is 12.9. The standard InChI is InChI=1S/C10H21ClOSi2/c1-13(2,3)8-7-9(12)10(11)14(4,5)6/h9-10,12H,1-6H3/t9-,10+/m0/s1. The average Bonchev–Trinajstić information content (AvgIpc) is 1.95. The molecule has 0 aromatic carbocycles. The lowest BCUT2D eigenvalue weighted by molar-refractivity contribution is 0.244. The van der Waals surface area contributed by atoms with Crippen molar-refractivity contribution in [2.45, 2.75) is 50.4 Å². The number of aliphatic hydroxyl groups excluding tert-OH is 1. The first-order valence-corrected chi connectivity index (χ1v) is 12.4. The van der Waals surface area contributed by atoms with Crippen LogP contribution in [0.5, 0.6) is 0 Å². The second-order valence-electron chi connectivity index (χ2n) is 5.73. The third-order valence-electron chi connectivity index (χ3n) is 1.70. The van der Waals surface area contributed by atoms with Gasteiger partial charge in [-0.15, -0.1) is 17.1 Å². The maximum atomic E-state index is 9.77. The van der Waals surface area contributed by atoms with E-state index in [1.165, 1.54) is 0 Å². The monoisotopic (exact) mass is 248 g/mol. The van der Waals surface area contributed by atoms with Crippen molar-refractivity contribution < 1.29 is 5.11 Å². The fourth-order valence-electron chi connectivity index (χ4n) is 0.837. The van der Waals surface area contributed by atoms with Crippen LogP contribution in [-0.4, -0.2) is 32.4 Å². The first kappa shape index (κ1) is 14.2. The lowest BCUT2D eigenvalue weighted by Gasteiger charge is -2.24. The van der Waals surface area contributed by atoms with Gasteiger partial charge in [0.05, 0.1) is 13.1 Å². The van der Waals surface area contributed by atoms with Gasteiger partial charge in [0, 0.05) is 0 Å². The van der Waals surface area contributed by atoms with Gasteiger partial charge in [0.1, 0.15) is 14.2 Å². The molecule has 0 radical (unpaired) electrons. The molecule has 0 fully saturated rings. The number of hydrogen-bond donors (Lipinski definition) is 1. The summed E-state index contributed by atoms with van der Waals surface area (Å²) in [5, 5.41) is 9.59. The molecule has 0 aliphatic rings. The summed E-state index contributed by atoms with van der Waals surface area (Å²) in [5.74, 6) is 2.90. The lowest BCUT2D eigenvalue weighted by atomic mass is 10.4.